The molecule has 0 saturated heterocycles. The molecule has 19 heavy (non-hydrogen) atoms. The second-order valence-electron chi connectivity index (χ2n) is 4.67. The molecule has 0 aliphatic rings. The lowest BCUT2D eigenvalue weighted by Crippen LogP contribution is -2.25. The summed E-state index contributed by atoms with van der Waals surface area (Å²) in [5.74, 6) is 0.824. The van der Waals surface area contributed by atoms with Gasteiger partial charge in [0.1, 0.15) is 12.2 Å². The molecule has 0 aliphatic carbocycles. The Morgan fingerprint density at radius 1 is 1.26 bits per heavy atom. The zero-order valence-electron chi connectivity index (χ0n) is 11.2. The van der Waals surface area contributed by atoms with Gasteiger partial charge in [-0.3, -0.25) is 9.89 Å². The van der Waals surface area contributed by atoms with Crippen LogP contribution in [0.15, 0.2) is 24.5 Å². The molecule has 1 aromatic heterocycles. The van der Waals surface area contributed by atoms with E-state index in [0.717, 1.165) is 35.4 Å². The second-order valence-corrected chi connectivity index (χ2v) is 4.67. The third kappa shape index (κ3) is 3.91. The molecule has 0 bridgehead atoms. The fraction of sp³-hybridized carbons (Fsp3) is 0.357. The summed E-state index contributed by atoms with van der Waals surface area (Å²) in [5, 5.41) is 9.49. The molecule has 2 aromatic rings. The average molecular weight is 258 g/mol. The number of rotatable bonds is 5. The smallest absolute Gasteiger partial charge is 0.251 e. The van der Waals surface area contributed by atoms with Gasteiger partial charge in [0.05, 0.1) is 0 Å². The van der Waals surface area contributed by atoms with Gasteiger partial charge in [-0.1, -0.05) is 17.2 Å². The minimum atomic E-state index is -0.0237. The third-order valence-corrected chi connectivity index (χ3v) is 2.82. The molecule has 0 fully saturated rings. The molecule has 1 aromatic carbocycles. The number of nitrogens with one attached hydrogen (secondary N) is 2. The largest absolute Gasteiger partial charge is 0.352 e. The normalized spacial score (nSPS) is 10.4. The van der Waals surface area contributed by atoms with Crippen LogP contribution in [0.2, 0.25) is 0 Å². The highest BCUT2D eigenvalue weighted by atomic mass is 16.1. The van der Waals surface area contributed by atoms with Crippen LogP contribution in [0.4, 0.5) is 0 Å². The number of hydrogen-bond acceptors (Lipinski definition) is 3. The van der Waals surface area contributed by atoms with E-state index in [2.05, 4.69) is 26.6 Å². The zero-order valence-corrected chi connectivity index (χ0v) is 11.2. The van der Waals surface area contributed by atoms with Gasteiger partial charge in [-0.25, -0.2) is 4.98 Å². The minimum Gasteiger partial charge on any atom is -0.352 e. The highest BCUT2D eigenvalue weighted by Crippen LogP contribution is 2.08. The van der Waals surface area contributed by atoms with Crippen molar-refractivity contribution in [3.63, 3.8) is 0 Å². The van der Waals surface area contributed by atoms with Crippen LogP contribution in [0.1, 0.15) is 33.7 Å². The lowest BCUT2D eigenvalue weighted by Gasteiger charge is -2.06. The molecule has 2 N–H and O–H groups in total. The fourth-order valence-electron chi connectivity index (χ4n) is 2.02. The number of amides is 1. The number of benzene rings is 1. The molecule has 5 nitrogen and oxygen atoms in total. The maximum Gasteiger partial charge on any atom is 0.251 e. The molecule has 0 aliphatic heterocycles. The molecule has 0 radical (unpaired) electrons. The summed E-state index contributed by atoms with van der Waals surface area (Å²) < 4.78 is 0. The quantitative estimate of drug-likeness (QED) is 0.803. The first-order chi connectivity index (χ1) is 9.15. The second kappa shape index (κ2) is 6.13. The molecule has 2 rings (SSSR count). The van der Waals surface area contributed by atoms with E-state index < -0.39 is 0 Å². The van der Waals surface area contributed by atoms with Crippen molar-refractivity contribution in [2.45, 2.75) is 26.7 Å². The number of aromatic nitrogens is 3. The fourth-order valence-corrected chi connectivity index (χ4v) is 2.02. The van der Waals surface area contributed by atoms with Crippen LogP contribution in [0.3, 0.4) is 0 Å². The highest BCUT2D eigenvalue weighted by Gasteiger charge is 2.06. The molecular formula is C14H18N4O. The Balaban J connectivity index is 1.80. The van der Waals surface area contributed by atoms with Crippen molar-refractivity contribution in [2.24, 2.45) is 0 Å². The summed E-state index contributed by atoms with van der Waals surface area (Å²) in [5.41, 5.74) is 2.93. The van der Waals surface area contributed by atoms with Crippen molar-refractivity contribution in [1.82, 2.24) is 20.5 Å². The van der Waals surface area contributed by atoms with Crippen LogP contribution in [-0.4, -0.2) is 27.6 Å². The third-order valence-electron chi connectivity index (χ3n) is 2.82. The van der Waals surface area contributed by atoms with Crippen LogP contribution in [0.25, 0.3) is 0 Å². The Hall–Kier alpha value is -2.17. The van der Waals surface area contributed by atoms with E-state index >= 15 is 0 Å². The summed E-state index contributed by atoms with van der Waals surface area (Å²) in [7, 11) is 0. The van der Waals surface area contributed by atoms with E-state index in [0.29, 0.717) is 6.54 Å². The highest BCUT2D eigenvalue weighted by molar-refractivity contribution is 5.94. The Morgan fingerprint density at radius 3 is 2.63 bits per heavy atom. The summed E-state index contributed by atoms with van der Waals surface area (Å²) >= 11 is 0. The Kier molecular flexibility index (Phi) is 4.28. The van der Waals surface area contributed by atoms with Gasteiger partial charge in [0.15, 0.2) is 0 Å². The molecule has 0 unspecified atom stereocenters. The molecule has 1 amide bonds. The Labute approximate surface area is 112 Å². The van der Waals surface area contributed by atoms with E-state index in [1.807, 2.05) is 26.0 Å². The molecule has 0 atom stereocenters. The summed E-state index contributed by atoms with van der Waals surface area (Å²) in [4.78, 5) is 16.0. The van der Waals surface area contributed by atoms with E-state index in [1.54, 1.807) is 0 Å². The van der Waals surface area contributed by atoms with Gasteiger partial charge in [-0.15, -0.1) is 0 Å². The standard InChI is InChI=1S/C14H18N4O/c1-10-6-11(2)8-12(7-10)14(19)15-5-3-4-13-16-9-17-18-13/h6-9H,3-5H2,1-2H3,(H,15,19)(H,16,17,18). The van der Waals surface area contributed by atoms with Gasteiger partial charge in [-0.2, -0.15) is 5.10 Å². The summed E-state index contributed by atoms with van der Waals surface area (Å²) in [6.07, 6.45) is 3.11. The zero-order chi connectivity index (χ0) is 13.7. The topological polar surface area (TPSA) is 70.7 Å². The summed E-state index contributed by atoms with van der Waals surface area (Å²) in [6.45, 7) is 4.62. The monoisotopic (exact) mass is 258 g/mol. The van der Waals surface area contributed by atoms with Crippen molar-refractivity contribution in [3.05, 3.63) is 47.0 Å². The van der Waals surface area contributed by atoms with Crippen LogP contribution >= 0.6 is 0 Å². The number of carbonyl (C=O) groups excluding carboxylic acids is 1. The maximum absolute atomic E-state index is 12.0. The Bertz CT molecular complexity index is 528. The Morgan fingerprint density at radius 2 is 2.00 bits per heavy atom. The SMILES string of the molecule is Cc1cc(C)cc(C(=O)NCCCc2ncn[nH]2)c1. The van der Waals surface area contributed by atoms with E-state index in [-0.39, 0.29) is 5.91 Å². The van der Waals surface area contributed by atoms with E-state index in [4.69, 9.17) is 0 Å². The number of aromatic amines is 1. The number of H-pyrrole nitrogens is 1. The predicted octanol–water partition coefficient (Wildman–Crippen LogP) is 1.78. The van der Waals surface area contributed by atoms with Gasteiger partial charge in [0, 0.05) is 18.5 Å². The van der Waals surface area contributed by atoms with Gasteiger partial charge < -0.3 is 5.32 Å². The van der Waals surface area contributed by atoms with Crippen molar-refractivity contribution in [3.8, 4) is 0 Å². The maximum atomic E-state index is 12.0. The van der Waals surface area contributed by atoms with Gasteiger partial charge in [-0.05, 0) is 32.4 Å². The summed E-state index contributed by atoms with van der Waals surface area (Å²) in [6, 6.07) is 5.86. The first-order valence-corrected chi connectivity index (χ1v) is 6.36. The van der Waals surface area contributed by atoms with Gasteiger partial charge in [0.25, 0.3) is 5.91 Å². The number of carbonyl (C=O) groups is 1. The van der Waals surface area contributed by atoms with Crippen molar-refractivity contribution in [2.75, 3.05) is 6.54 Å². The number of aryl methyl sites for hydroxylation is 3. The van der Waals surface area contributed by atoms with Crippen LogP contribution in [-0.2, 0) is 6.42 Å². The number of hydrogen-bond donors (Lipinski definition) is 2. The number of nitrogens with zero attached hydrogens (tertiary/aromatic N) is 2. The first kappa shape index (κ1) is 13.3. The average Bonchev–Trinajstić information content (AvgIpc) is 2.86. The van der Waals surface area contributed by atoms with Gasteiger partial charge in [0.2, 0.25) is 0 Å². The van der Waals surface area contributed by atoms with Crippen molar-refractivity contribution >= 4 is 5.91 Å². The van der Waals surface area contributed by atoms with Gasteiger partial charge >= 0.3 is 0 Å². The predicted molar refractivity (Wildman–Crippen MR) is 73.0 cm³/mol. The molecule has 5 heteroatoms. The van der Waals surface area contributed by atoms with E-state index in [1.165, 1.54) is 6.33 Å². The van der Waals surface area contributed by atoms with Crippen molar-refractivity contribution in [1.29, 1.82) is 0 Å². The molecular weight excluding hydrogens is 240 g/mol. The van der Waals surface area contributed by atoms with Crippen LogP contribution in [0.5, 0.6) is 0 Å². The molecule has 0 saturated carbocycles. The van der Waals surface area contributed by atoms with Crippen LogP contribution in [0, 0.1) is 13.8 Å². The van der Waals surface area contributed by atoms with Crippen LogP contribution < -0.4 is 5.32 Å². The minimum absolute atomic E-state index is 0.0237. The van der Waals surface area contributed by atoms with E-state index in [9.17, 15) is 4.79 Å². The van der Waals surface area contributed by atoms with Crippen molar-refractivity contribution < 1.29 is 4.79 Å². The molecule has 100 valence electrons. The lowest BCUT2D eigenvalue weighted by molar-refractivity contribution is 0.0953. The lowest BCUT2D eigenvalue weighted by atomic mass is 10.1. The molecule has 0 spiro atoms. The first-order valence-electron chi connectivity index (χ1n) is 6.36. The molecule has 1 heterocycles.